The summed E-state index contributed by atoms with van der Waals surface area (Å²) in [6.07, 6.45) is 1.79. The van der Waals surface area contributed by atoms with Crippen LogP contribution in [0.2, 0.25) is 0 Å². The Kier molecular flexibility index (Phi) is 6.75. The van der Waals surface area contributed by atoms with Gasteiger partial charge in [0.05, 0.1) is 6.61 Å². The van der Waals surface area contributed by atoms with E-state index >= 15 is 0 Å². The number of aliphatic hydroxyl groups is 1. The van der Waals surface area contributed by atoms with E-state index in [0.717, 1.165) is 25.2 Å². The van der Waals surface area contributed by atoms with Crippen LogP contribution in [0.25, 0.3) is 0 Å². The quantitative estimate of drug-likeness (QED) is 0.838. The number of hydrogen-bond donors (Lipinski definition) is 1. The molecule has 2 rings (SSSR count). The highest BCUT2D eigenvalue weighted by Gasteiger charge is 2.15. The Morgan fingerprint density at radius 2 is 1.90 bits per heavy atom. The molecule has 114 valence electrons. The minimum Gasteiger partial charge on any atom is -0.395 e. The highest BCUT2D eigenvalue weighted by molar-refractivity contribution is 5.37. The topological polar surface area (TPSA) is 26.7 Å². The molecule has 1 N–H and O–H groups in total. The van der Waals surface area contributed by atoms with Crippen molar-refractivity contribution in [3.05, 3.63) is 35.4 Å². The molecule has 1 aliphatic rings. The Bertz CT molecular complexity index is 481. The summed E-state index contributed by atoms with van der Waals surface area (Å²) in [6, 6.07) is 8.46. The smallest absolute Gasteiger partial charge is 0.0540 e. The first-order valence-electron chi connectivity index (χ1n) is 7.95. The van der Waals surface area contributed by atoms with Crippen LogP contribution in [-0.2, 0) is 6.54 Å². The van der Waals surface area contributed by atoms with Crippen LogP contribution < -0.4 is 0 Å². The second-order valence-corrected chi connectivity index (χ2v) is 5.59. The lowest BCUT2D eigenvalue weighted by molar-refractivity contribution is 0.127. The summed E-state index contributed by atoms with van der Waals surface area (Å²) >= 11 is 0. The van der Waals surface area contributed by atoms with Crippen molar-refractivity contribution in [2.24, 2.45) is 0 Å². The van der Waals surface area contributed by atoms with E-state index in [1.807, 2.05) is 6.07 Å². The summed E-state index contributed by atoms with van der Waals surface area (Å²) in [6.45, 7) is 9.29. The van der Waals surface area contributed by atoms with Crippen molar-refractivity contribution in [3.63, 3.8) is 0 Å². The molecule has 1 aromatic carbocycles. The van der Waals surface area contributed by atoms with Gasteiger partial charge in [-0.1, -0.05) is 30.9 Å². The molecule has 1 fully saturated rings. The van der Waals surface area contributed by atoms with E-state index in [-0.39, 0.29) is 6.61 Å². The average Bonchev–Trinajstić information content (AvgIpc) is 2.50. The van der Waals surface area contributed by atoms with Crippen LogP contribution in [0.5, 0.6) is 0 Å². The van der Waals surface area contributed by atoms with Crippen LogP contribution in [0.3, 0.4) is 0 Å². The zero-order chi connectivity index (χ0) is 14.9. The average molecular weight is 286 g/mol. The molecule has 0 radical (unpaired) electrons. The molecule has 0 atom stereocenters. The molecule has 3 heteroatoms. The first-order valence-corrected chi connectivity index (χ1v) is 7.95. The van der Waals surface area contributed by atoms with Gasteiger partial charge in [-0.2, -0.15) is 0 Å². The third kappa shape index (κ3) is 5.51. The Labute approximate surface area is 128 Å². The van der Waals surface area contributed by atoms with Crippen molar-refractivity contribution < 1.29 is 5.11 Å². The van der Waals surface area contributed by atoms with Gasteiger partial charge >= 0.3 is 0 Å². The second-order valence-electron chi connectivity index (χ2n) is 5.59. The number of rotatable bonds is 5. The zero-order valence-electron chi connectivity index (χ0n) is 13.0. The molecule has 0 unspecified atom stereocenters. The molecule has 1 saturated heterocycles. The minimum absolute atomic E-state index is 0.134. The van der Waals surface area contributed by atoms with E-state index in [0.29, 0.717) is 6.42 Å². The van der Waals surface area contributed by atoms with Crippen LogP contribution in [-0.4, -0.2) is 54.2 Å². The molecule has 21 heavy (non-hydrogen) atoms. The highest BCUT2D eigenvalue weighted by Crippen LogP contribution is 2.10. The summed E-state index contributed by atoms with van der Waals surface area (Å²) in [7, 11) is 0. The number of hydrogen-bond acceptors (Lipinski definition) is 3. The molecule has 0 spiro atoms. The fourth-order valence-electron chi connectivity index (χ4n) is 2.71. The third-order valence-electron chi connectivity index (χ3n) is 3.81. The summed E-state index contributed by atoms with van der Waals surface area (Å²) in [5.41, 5.74) is 2.38. The van der Waals surface area contributed by atoms with Gasteiger partial charge in [-0.05, 0) is 30.7 Å². The van der Waals surface area contributed by atoms with Gasteiger partial charge in [-0.3, -0.25) is 4.90 Å². The fourth-order valence-corrected chi connectivity index (χ4v) is 2.71. The first kappa shape index (κ1) is 16.0. The van der Waals surface area contributed by atoms with Crippen LogP contribution in [0.15, 0.2) is 24.3 Å². The maximum atomic E-state index is 8.76. The molecule has 1 heterocycles. The zero-order valence-corrected chi connectivity index (χ0v) is 13.0. The van der Waals surface area contributed by atoms with Gasteiger partial charge in [0, 0.05) is 44.7 Å². The lowest BCUT2D eigenvalue weighted by Crippen LogP contribution is -2.45. The van der Waals surface area contributed by atoms with Crippen LogP contribution >= 0.6 is 0 Å². The van der Waals surface area contributed by atoms with Gasteiger partial charge in [0.1, 0.15) is 0 Å². The largest absolute Gasteiger partial charge is 0.395 e. The fraction of sp³-hybridized carbons (Fsp3) is 0.556. The SMILES string of the molecule is CCCN1CCN(Cc2cccc(C#CCCO)c2)CC1. The van der Waals surface area contributed by atoms with Crippen molar-refractivity contribution in [3.8, 4) is 11.8 Å². The van der Waals surface area contributed by atoms with Crippen molar-refractivity contribution in [1.29, 1.82) is 0 Å². The summed E-state index contributed by atoms with van der Waals surface area (Å²) in [5, 5.41) is 8.76. The van der Waals surface area contributed by atoms with Gasteiger partial charge in [0.15, 0.2) is 0 Å². The number of benzene rings is 1. The van der Waals surface area contributed by atoms with E-state index in [2.05, 4.69) is 46.8 Å². The van der Waals surface area contributed by atoms with Gasteiger partial charge in [-0.15, -0.1) is 0 Å². The molecular formula is C18H26N2O. The first-order chi connectivity index (χ1) is 10.3. The molecule has 1 aliphatic heterocycles. The van der Waals surface area contributed by atoms with Gasteiger partial charge in [-0.25, -0.2) is 0 Å². The molecule has 0 aliphatic carbocycles. The molecule has 0 saturated carbocycles. The predicted molar refractivity (Wildman–Crippen MR) is 87.0 cm³/mol. The molecule has 3 nitrogen and oxygen atoms in total. The Hall–Kier alpha value is -1.34. The summed E-state index contributed by atoms with van der Waals surface area (Å²) < 4.78 is 0. The Morgan fingerprint density at radius 1 is 1.14 bits per heavy atom. The highest BCUT2D eigenvalue weighted by atomic mass is 16.2. The molecule has 1 aromatic rings. The van der Waals surface area contributed by atoms with Gasteiger partial charge < -0.3 is 10.0 Å². The number of aliphatic hydroxyl groups excluding tert-OH is 1. The normalized spacial score (nSPS) is 16.5. The minimum atomic E-state index is 0.134. The lowest BCUT2D eigenvalue weighted by Gasteiger charge is -2.34. The number of nitrogens with zero attached hydrogens (tertiary/aromatic N) is 2. The summed E-state index contributed by atoms with van der Waals surface area (Å²) in [4.78, 5) is 5.07. The van der Waals surface area contributed by atoms with Gasteiger partial charge in [0.2, 0.25) is 0 Å². The van der Waals surface area contributed by atoms with E-state index in [1.165, 1.54) is 31.6 Å². The van der Waals surface area contributed by atoms with Crippen molar-refractivity contribution in [1.82, 2.24) is 9.80 Å². The molecule has 0 bridgehead atoms. The van der Waals surface area contributed by atoms with Crippen LogP contribution in [0.4, 0.5) is 0 Å². The van der Waals surface area contributed by atoms with Crippen molar-refractivity contribution in [2.75, 3.05) is 39.3 Å². The molecule has 0 amide bonds. The van der Waals surface area contributed by atoms with Crippen molar-refractivity contribution in [2.45, 2.75) is 26.3 Å². The van der Waals surface area contributed by atoms with E-state index in [4.69, 9.17) is 5.11 Å². The van der Waals surface area contributed by atoms with E-state index in [1.54, 1.807) is 0 Å². The van der Waals surface area contributed by atoms with Crippen LogP contribution in [0, 0.1) is 11.8 Å². The standard InChI is InChI=1S/C18H26N2O/c1-2-9-19-10-12-20(13-11-19)16-18-8-5-7-17(15-18)6-3-4-14-21/h5,7-8,15,21H,2,4,9-14,16H2,1H3. The van der Waals surface area contributed by atoms with E-state index in [9.17, 15) is 0 Å². The monoisotopic (exact) mass is 286 g/mol. The van der Waals surface area contributed by atoms with Crippen LogP contribution in [0.1, 0.15) is 30.9 Å². The van der Waals surface area contributed by atoms with Crippen molar-refractivity contribution >= 4 is 0 Å². The van der Waals surface area contributed by atoms with E-state index < -0.39 is 0 Å². The Morgan fingerprint density at radius 3 is 2.62 bits per heavy atom. The summed E-state index contributed by atoms with van der Waals surface area (Å²) in [5.74, 6) is 6.09. The number of piperazine rings is 1. The maximum Gasteiger partial charge on any atom is 0.0540 e. The van der Waals surface area contributed by atoms with Gasteiger partial charge in [0.25, 0.3) is 0 Å². The third-order valence-corrected chi connectivity index (χ3v) is 3.81. The Balaban J connectivity index is 1.86. The lowest BCUT2D eigenvalue weighted by atomic mass is 10.1. The molecule has 0 aromatic heterocycles. The maximum absolute atomic E-state index is 8.76. The second kappa shape index (κ2) is 8.84. The molecular weight excluding hydrogens is 260 g/mol. The predicted octanol–water partition coefficient (Wildman–Crippen LogP) is 1.95.